The quantitative estimate of drug-likeness (QED) is 0.498. The molecule has 2 saturated heterocycles. The smallest absolute Gasteiger partial charge is 0.311 e. The fraction of sp³-hybridized carbons (Fsp3) is 0.345. The number of fused-ring (bicyclic) bond motifs is 1. The number of aliphatic hydroxyl groups is 1. The first-order chi connectivity index (χ1) is 16.6. The Bertz CT molecular complexity index is 1180. The molecule has 2 aliphatic rings. The SMILES string of the molecule is O=C1CCC(=Cc2ccccc2OC[C@H](O)CN2CCC(c3ccc4ccccc4c3)CC2)O1. The highest BCUT2D eigenvalue weighted by atomic mass is 16.5. The number of β-amino-alcohol motifs (C(OH)–C–C–N with tert-alkyl or cyclic N) is 1. The lowest BCUT2D eigenvalue weighted by Gasteiger charge is -2.33. The molecule has 0 radical (unpaired) electrons. The van der Waals surface area contributed by atoms with Crippen LogP contribution in [0.2, 0.25) is 0 Å². The predicted octanol–water partition coefficient (Wildman–Crippen LogP) is 5.14. The van der Waals surface area contributed by atoms with E-state index in [1.807, 2.05) is 30.3 Å². The summed E-state index contributed by atoms with van der Waals surface area (Å²) in [5, 5.41) is 13.2. The van der Waals surface area contributed by atoms with Crippen molar-refractivity contribution in [3.8, 4) is 5.75 Å². The molecular weight excluding hydrogens is 426 g/mol. The van der Waals surface area contributed by atoms with E-state index in [0.717, 1.165) is 31.5 Å². The average Bonchev–Trinajstić information content (AvgIpc) is 3.28. The number of ether oxygens (including phenoxy) is 2. The summed E-state index contributed by atoms with van der Waals surface area (Å²) in [7, 11) is 0. The standard InChI is InChI=1S/C29H31NO4/c31-26(20-33-28-8-4-3-7-25(28)18-27-11-12-29(32)34-27)19-30-15-13-22(14-16-30)24-10-9-21-5-1-2-6-23(21)17-24/h1-10,17-18,22,26,31H,11-16,19-20H2/t26-/m1/s1. The predicted molar refractivity (Wildman–Crippen MR) is 134 cm³/mol. The number of hydrogen-bond donors (Lipinski definition) is 1. The monoisotopic (exact) mass is 457 g/mol. The van der Waals surface area contributed by atoms with Gasteiger partial charge < -0.3 is 19.5 Å². The lowest BCUT2D eigenvalue weighted by atomic mass is 9.88. The van der Waals surface area contributed by atoms with Gasteiger partial charge in [0.1, 0.15) is 24.2 Å². The number of hydrogen-bond acceptors (Lipinski definition) is 5. The van der Waals surface area contributed by atoms with E-state index in [0.29, 0.717) is 36.8 Å². The number of para-hydroxylation sites is 1. The van der Waals surface area contributed by atoms with Gasteiger partial charge in [0.15, 0.2) is 0 Å². The minimum Gasteiger partial charge on any atom is -0.490 e. The molecule has 0 aliphatic carbocycles. The number of nitrogens with zero attached hydrogens (tertiary/aromatic N) is 1. The Hall–Kier alpha value is -3.15. The summed E-state index contributed by atoms with van der Waals surface area (Å²) in [5.74, 6) is 1.73. The topological polar surface area (TPSA) is 59.0 Å². The van der Waals surface area contributed by atoms with Gasteiger partial charge in [0, 0.05) is 18.5 Å². The Kier molecular flexibility index (Phi) is 6.93. The molecule has 34 heavy (non-hydrogen) atoms. The molecule has 2 aliphatic heterocycles. The van der Waals surface area contributed by atoms with Gasteiger partial charge in [0.05, 0.1) is 6.42 Å². The second kappa shape index (κ2) is 10.4. The number of allylic oxidation sites excluding steroid dienone is 1. The second-order valence-electron chi connectivity index (χ2n) is 9.27. The van der Waals surface area contributed by atoms with Crippen molar-refractivity contribution in [2.24, 2.45) is 0 Å². The zero-order valence-corrected chi connectivity index (χ0v) is 19.4. The summed E-state index contributed by atoms with van der Waals surface area (Å²) in [4.78, 5) is 13.7. The van der Waals surface area contributed by atoms with Gasteiger partial charge in [0.25, 0.3) is 0 Å². The summed E-state index contributed by atoms with van der Waals surface area (Å²) in [6.07, 6.45) is 4.52. The molecule has 5 heteroatoms. The maximum absolute atomic E-state index is 11.4. The molecule has 2 fully saturated rings. The fourth-order valence-corrected chi connectivity index (χ4v) is 4.93. The summed E-state index contributed by atoms with van der Waals surface area (Å²) >= 11 is 0. The van der Waals surface area contributed by atoms with Crippen LogP contribution in [0.5, 0.6) is 5.75 Å². The van der Waals surface area contributed by atoms with Crippen LogP contribution in [0.3, 0.4) is 0 Å². The maximum atomic E-state index is 11.4. The van der Waals surface area contributed by atoms with Gasteiger partial charge >= 0.3 is 5.97 Å². The van der Waals surface area contributed by atoms with Crippen LogP contribution >= 0.6 is 0 Å². The third-order valence-corrected chi connectivity index (χ3v) is 6.79. The van der Waals surface area contributed by atoms with Crippen LogP contribution in [0, 0.1) is 0 Å². The summed E-state index contributed by atoms with van der Waals surface area (Å²) in [5.41, 5.74) is 2.27. The van der Waals surface area contributed by atoms with E-state index in [9.17, 15) is 9.90 Å². The third-order valence-electron chi connectivity index (χ3n) is 6.79. The summed E-state index contributed by atoms with van der Waals surface area (Å²) in [6, 6.07) is 23.0. The van der Waals surface area contributed by atoms with E-state index in [2.05, 4.69) is 47.4 Å². The van der Waals surface area contributed by atoms with Crippen molar-refractivity contribution in [1.29, 1.82) is 0 Å². The molecule has 1 atom stereocenters. The molecule has 0 spiro atoms. The Labute approximate surface area is 200 Å². The van der Waals surface area contributed by atoms with E-state index in [1.54, 1.807) is 0 Å². The molecule has 0 bridgehead atoms. The van der Waals surface area contributed by atoms with Crippen LogP contribution in [-0.4, -0.2) is 48.3 Å². The molecule has 0 saturated carbocycles. The van der Waals surface area contributed by atoms with E-state index in [1.165, 1.54) is 16.3 Å². The molecule has 3 aromatic rings. The van der Waals surface area contributed by atoms with Crippen LogP contribution < -0.4 is 4.74 Å². The molecule has 0 amide bonds. The van der Waals surface area contributed by atoms with Crippen LogP contribution in [0.1, 0.15) is 42.7 Å². The zero-order chi connectivity index (χ0) is 23.3. The number of carbonyl (C=O) groups is 1. The van der Waals surface area contributed by atoms with Gasteiger partial charge in [-0.2, -0.15) is 0 Å². The molecule has 0 unspecified atom stereocenters. The number of esters is 1. The maximum Gasteiger partial charge on any atom is 0.311 e. The highest BCUT2D eigenvalue weighted by Gasteiger charge is 2.23. The number of aliphatic hydroxyl groups excluding tert-OH is 1. The van der Waals surface area contributed by atoms with Crippen LogP contribution in [0.4, 0.5) is 0 Å². The van der Waals surface area contributed by atoms with Crippen molar-refractivity contribution >= 4 is 22.8 Å². The van der Waals surface area contributed by atoms with Crippen molar-refractivity contribution in [2.45, 2.75) is 37.7 Å². The Morgan fingerprint density at radius 3 is 2.56 bits per heavy atom. The van der Waals surface area contributed by atoms with Gasteiger partial charge in [0.2, 0.25) is 0 Å². The van der Waals surface area contributed by atoms with Crippen molar-refractivity contribution in [3.05, 3.63) is 83.6 Å². The normalized spacial score (nSPS) is 19.4. The van der Waals surface area contributed by atoms with Gasteiger partial charge in [-0.25, -0.2) is 0 Å². The molecular formula is C29H31NO4. The van der Waals surface area contributed by atoms with Crippen LogP contribution in [-0.2, 0) is 9.53 Å². The van der Waals surface area contributed by atoms with Crippen molar-refractivity contribution in [3.63, 3.8) is 0 Å². The lowest BCUT2D eigenvalue weighted by molar-refractivity contribution is -0.135. The van der Waals surface area contributed by atoms with Crippen molar-refractivity contribution in [2.75, 3.05) is 26.2 Å². The van der Waals surface area contributed by atoms with Crippen LogP contribution in [0.15, 0.2) is 72.5 Å². The van der Waals surface area contributed by atoms with Gasteiger partial charge in [-0.1, -0.05) is 60.7 Å². The van der Waals surface area contributed by atoms with E-state index < -0.39 is 6.10 Å². The Balaban J connectivity index is 1.12. The number of likely N-dealkylation sites (tertiary alicyclic amines) is 1. The number of piperidine rings is 1. The summed E-state index contributed by atoms with van der Waals surface area (Å²) in [6.45, 7) is 2.78. The van der Waals surface area contributed by atoms with E-state index >= 15 is 0 Å². The summed E-state index contributed by atoms with van der Waals surface area (Å²) < 4.78 is 11.2. The van der Waals surface area contributed by atoms with Gasteiger partial charge in [-0.15, -0.1) is 0 Å². The first-order valence-corrected chi connectivity index (χ1v) is 12.2. The fourth-order valence-electron chi connectivity index (χ4n) is 4.93. The molecule has 5 rings (SSSR count). The Morgan fingerprint density at radius 2 is 1.76 bits per heavy atom. The minimum absolute atomic E-state index is 0.190. The molecule has 1 N–H and O–H groups in total. The molecule has 5 nitrogen and oxygen atoms in total. The first kappa shape index (κ1) is 22.6. The highest BCUT2D eigenvalue weighted by molar-refractivity contribution is 5.83. The largest absolute Gasteiger partial charge is 0.490 e. The minimum atomic E-state index is -0.567. The first-order valence-electron chi connectivity index (χ1n) is 12.2. The van der Waals surface area contributed by atoms with Gasteiger partial charge in [-0.3, -0.25) is 4.79 Å². The molecule has 176 valence electrons. The molecule has 3 aromatic carbocycles. The van der Waals surface area contributed by atoms with Crippen LogP contribution in [0.25, 0.3) is 16.8 Å². The Morgan fingerprint density at radius 1 is 1.00 bits per heavy atom. The average molecular weight is 458 g/mol. The third kappa shape index (κ3) is 5.49. The number of carbonyl (C=O) groups excluding carboxylic acids is 1. The lowest BCUT2D eigenvalue weighted by Crippen LogP contribution is -2.40. The van der Waals surface area contributed by atoms with E-state index in [-0.39, 0.29) is 12.6 Å². The van der Waals surface area contributed by atoms with E-state index in [4.69, 9.17) is 9.47 Å². The molecule has 0 aromatic heterocycles. The van der Waals surface area contributed by atoms with Crippen molar-refractivity contribution < 1.29 is 19.4 Å². The highest BCUT2D eigenvalue weighted by Crippen LogP contribution is 2.30. The van der Waals surface area contributed by atoms with Crippen molar-refractivity contribution in [1.82, 2.24) is 4.90 Å². The number of rotatable bonds is 7. The number of cyclic esters (lactones) is 1. The van der Waals surface area contributed by atoms with Gasteiger partial charge in [-0.05, 0) is 60.3 Å². The second-order valence-corrected chi connectivity index (χ2v) is 9.27. The zero-order valence-electron chi connectivity index (χ0n) is 19.4. The molecule has 2 heterocycles. The number of benzene rings is 3.